The fourth-order valence-corrected chi connectivity index (χ4v) is 3.65. The lowest BCUT2D eigenvalue weighted by Crippen LogP contribution is -2.09. The first kappa shape index (κ1) is 20.2. The van der Waals surface area contributed by atoms with Gasteiger partial charge in [0.2, 0.25) is 5.43 Å². The first-order valence-corrected chi connectivity index (χ1v) is 10.0. The molecule has 0 spiro atoms. The minimum absolute atomic E-state index is 0.234. The molecule has 0 aliphatic carbocycles. The van der Waals surface area contributed by atoms with Crippen LogP contribution in [0.25, 0.3) is 22.1 Å². The Balaban J connectivity index is 1.55. The molecule has 30 heavy (non-hydrogen) atoms. The molecule has 0 saturated heterocycles. The number of esters is 1. The van der Waals surface area contributed by atoms with Crippen LogP contribution in [0.2, 0.25) is 10.0 Å². The first-order valence-electron chi connectivity index (χ1n) is 9.27. The van der Waals surface area contributed by atoms with Crippen LogP contribution in [0.4, 0.5) is 0 Å². The summed E-state index contributed by atoms with van der Waals surface area (Å²) in [6, 6.07) is 19.3. The first-order chi connectivity index (χ1) is 14.5. The Morgan fingerprint density at radius 1 is 0.933 bits per heavy atom. The highest BCUT2D eigenvalue weighted by atomic mass is 35.5. The minimum atomic E-state index is -0.356. The van der Waals surface area contributed by atoms with Crippen molar-refractivity contribution in [2.75, 3.05) is 0 Å². The summed E-state index contributed by atoms with van der Waals surface area (Å²) >= 11 is 12.1. The molecule has 0 fully saturated rings. The van der Waals surface area contributed by atoms with Crippen LogP contribution in [0.15, 0.2) is 82.2 Å². The quantitative estimate of drug-likeness (QED) is 0.270. The number of fused-ring (bicyclic) bond motifs is 1. The lowest BCUT2D eigenvalue weighted by Gasteiger charge is -2.07. The number of ether oxygens (including phenoxy) is 1. The average Bonchev–Trinajstić information content (AvgIpc) is 2.74. The van der Waals surface area contributed by atoms with Gasteiger partial charge in [-0.1, -0.05) is 59.6 Å². The molecule has 0 N–H and O–H groups in total. The van der Waals surface area contributed by atoms with Crippen molar-refractivity contribution in [3.8, 4) is 16.9 Å². The van der Waals surface area contributed by atoms with Gasteiger partial charge in [0.25, 0.3) is 0 Å². The van der Waals surface area contributed by atoms with Crippen molar-refractivity contribution in [1.82, 2.24) is 0 Å². The highest BCUT2D eigenvalue weighted by molar-refractivity contribution is 6.36. The molecule has 1 aromatic heterocycles. The lowest BCUT2D eigenvalue weighted by atomic mass is 10.1. The van der Waals surface area contributed by atoms with E-state index in [9.17, 15) is 9.59 Å². The van der Waals surface area contributed by atoms with Gasteiger partial charge in [0.05, 0.1) is 16.0 Å². The number of benzene rings is 3. The van der Waals surface area contributed by atoms with Crippen LogP contribution < -0.4 is 10.2 Å². The summed E-state index contributed by atoms with van der Waals surface area (Å²) in [6.07, 6.45) is 2.19. The highest BCUT2D eigenvalue weighted by Crippen LogP contribution is 2.30. The molecular formula is C24H16Cl2O4. The molecule has 6 heteroatoms. The monoisotopic (exact) mass is 438 g/mol. The Bertz CT molecular complexity index is 1280. The molecule has 3 aromatic carbocycles. The van der Waals surface area contributed by atoms with E-state index in [1.165, 1.54) is 12.3 Å². The highest BCUT2D eigenvalue weighted by Gasteiger charge is 2.14. The van der Waals surface area contributed by atoms with Gasteiger partial charge >= 0.3 is 5.97 Å². The standard InChI is InChI=1S/C24H16Cl2O4/c25-16-7-9-18(21(26)12-16)20-14-29-22-13-17(8-10-19(22)24(20)28)30-23(27)11-6-15-4-2-1-3-5-15/h1-5,7-10,12-14H,6,11H2. The average molecular weight is 439 g/mol. The van der Waals surface area contributed by atoms with Crippen molar-refractivity contribution in [3.63, 3.8) is 0 Å². The number of rotatable bonds is 5. The molecule has 0 atom stereocenters. The number of hydrogen-bond donors (Lipinski definition) is 0. The molecule has 0 aliphatic heterocycles. The molecule has 4 aromatic rings. The second-order valence-corrected chi connectivity index (χ2v) is 7.56. The summed E-state index contributed by atoms with van der Waals surface area (Å²) in [5.41, 5.74) is 2.02. The number of halogens is 2. The molecule has 0 bridgehead atoms. The third kappa shape index (κ3) is 4.40. The Morgan fingerprint density at radius 2 is 1.73 bits per heavy atom. The Morgan fingerprint density at radius 3 is 2.50 bits per heavy atom. The summed E-state index contributed by atoms with van der Waals surface area (Å²) < 4.78 is 11.0. The van der Waals surface area contributed by atoms with Crippen LogP contribution in [-0.2, 0) is 11.2 Å². The van der Waals surface area contributed by atoms with E-state index < -0.39 is 0 Å². The Labute approximate surface area is 182 Å². The van der Waals surface area contributed by atoms with Crippen molar-refractivity contribution in [2.24, 2.45) is 0 Å². The van der Waals surface area contributed by atoms with Gasteiger partial charge in [-0.25, -0.2) is 0 Å². The molecule has 1 heterocycles. The fourth-order valence-electron chi connectivity index (χ4n) is 3.14. The van der Waals surface area contributed by atoms with E-state index in [2.05, 4.69) is 0 Å². The van der Waals surface area contributed by atoms with Gasteiger partial charge < -0.3 is 9.15 Å². The van der Waals surface area contributed by atoms with Gasteiger partial charge in [0.15, 0.2) is 0 Å². The predicted octanol–water partition coefficient (Wildman–Crippen LogP) is 6.31. The van der Waals surface area contributed by atoms with Crippen molar-refractivity contribution in [3.05, 3.63) is 98.8 Å². The number of carbonyl (C=O) groups is 1. The summed E-state index contributed by atoms with van der Waals surface area (Å²) in [4.78, 5) is 25.1. The second-order valence-electron chi connectivity index (χ2n) is 6.72. The smallest absolute Gasteiger partial charge is 0.311 e. The number of carbonyl (C=O) groups excluding carboxylic acids is 1. The predicted molar refractivity (Wildman–Crippen MR) is 118 cm³/mol. The normalized spacial score (nSPS) is 10.9. The second kappa shape index (κ2) is 8.74. The molecule has 150 valence electrons. The lowest BCUT2D eigenvalue weighted by molar-refractivity contribution is -0.134. The molecule has 0 amide bonds. The van der Waals surface area contributed by atoms with Crippen LogP contribution >= 0.6 is 23.2 Å². The van der Waals surface area contributed by atoms with Crippen molar-refractivity contribution in [2.45, 2.75) is 12.8 Å². The van der Waals surface area contributed by atoms with E-state index in [-0.39, 0.29) is 17.8 Å². The van der Waals surface area contributed by atoms with Crippen LogP contribution in [0.5, 0.6) is 5.75 Å². The van der Waals surface area contributed by atoms with Crippen molar-refractivity contribution < 1.29 is 13.9 Å². The third-order valence-corrected chi connectivity index (χ3v) is 5.21. The van der Waals surface area contributed by atoms with E-state index >= 15 is 0 Å². The largest absolute Gasteiger partial charge is 0.463 e. The zero-order chi connectivity index (χ0) is 21.1. The molecule has 0 saturated carbocycles. The Hall–Kier alpha value is -3.08. The van der Waals surface area contributed by atoms with Crippen LogP contribution in [0.1, 0.15) is 12.0 Å². The van der Waals surface area contributed by atoms with Gasteiger partial charge in [-0.2, -0.15) is 0 Å². The summed E-state index contributed by atoms with van der Waals surface area (Å²) in [6.45, 7) is 0. The van der Waals surface area contributed by atoms with E-state index in [0.29, 0.717) is 44.3 Å². The van der Waals surface area contributed by atoms with Gasteiger partial charge in [0.1, 0.15) is 17.6 Å². The van der Waals surface area contributed by atoms with E-state index in [1.54, 1.807) is 30.3 Å². The van der Waals surface area contributed by atoms with E-state index in [0.717, 1.165) is 5.56 Å². The van der Waals surface area contributed by atoms with E-state index in [4.69, 9.17) is 32.4 Å². The van der Waals surface area contributed by atoms with Gasteiger partial charge in [-0.15, -0.1) is 0 Å². The van der Waals surface area contributed by atoms with Gasteiger partial charge in [-0.3, -0.25) is 9.59 Å². The van der Waals surface area contributed by atoms with Gasteiger partial charge in [0, 0.05) is 23.1 Å². The molecule has 0 unspecified atom stereocenters. The molecule has 4 nitrogen and oxygen atoms in total. The molecular weight excluding hydrogens is 423 g/mol. The fraction of sp³-hybridized carbons (Fsp3) is 0.0833. The Kier molecular flexibility index (Phi) is 5.88. The third-order valence-electron chi connectivity index (χ3n) is 4.66. The number of hydrogen-bond acceptors (Lipinski definition) is 4. The summed E-state index contributed by atoms with van der Waals surface area (Å²) in [5.74, 6) is -0.0360. The van der Waals surface area contributed by atoms with Crippen LogP contribution in [0, 0.1) is 0 Å². The molecule has 4 rings (SSSR count). The molecule has 0 aliphatic rings. The van der Waals surface area contributed by atoms with Crippen LogP contribution in [0.3, 0.4) is 0 Å². The van der Waals surface area contributed by atoms with Crippen molar-refractivity contribution in [1.29, 1.82) is 0 Å². The molecule has 0 radical (unpaired) electrons. The van der Waals surface area contributed by atoms with Crippen LogP contribution in [-0.4, -0.2) is 5.97 Å². The zero-order valence-corrected chi connectivity index (χ0v) is 17.2. The number of aryl methyl sites for hydroxylation is 1. The topological polar surface area (TPSA) is 56.5 Å². The summed E-state index contributed by atoms with van der Waals surface area (Å²) in [5, 5.41) is 1.20. The SMILES string of the molecule is O=C(CCc1ccccc1)Oc1ccc2c(=O)c(-c3ccc(Cl)cc3Cl)coc2c1. The zero-order valence-electron chi connectivity index (χ0n) is 15.7. The van der Waals surface area contributed by atoms with E-state index in [1.807, 2.05) is 30.3 Å². The minimum Gasteiger partial charge on any atom is -0.463 e. The van der Waals surface area contributed by atoms with Crippen molar-refractivity contribution >= 4 is 40.1 Å². The maximum atomic E-state index is 12.9. The summed E-state index contributed by atoms with van der Waals surface area (Å²) in [7, 11) is 0. The van der Waals surface area contributed by atoms with Gasteiger partial charge in [-0.05, 0) is 36.2 Å². The maximum Gasteiger partial charge on any atom is 0.311 e. The maximum absolute atomic E-state index is 12.9.